The molecule has 0 spiro atoms. The first-order valence-corrected chi connectivity index (χ1v) is 7.24. The maximum Gasteiger partial charge on any atom is 0.137 e. The van der Waals surface area contributed by atoms with Crippen molar-refractivity contribution in [1.82, 2.24) is 4.98 Å². The molecule has 0 saturated heterocycles. The van der Waals surface area contributed by atoms with Crippen LogP contribution in [0, 0.1) is 5.41 Å². The molecule has 0 aliphatic heterocycles. The van der Waals surface area contributed by atoms with Gasteiger partial charge in [0.2, 0.25) is 0 Å². The van der Waals surface area contributed by atoms with E-state index >= 15 is 0 Å². The third-order valence-corrected chi connectivity index (χ3v) is 3.91. The predicted octanol–water partition coefficient (Wildman–Crippen LogP) is 3.44. The number of benzene rings is 1. The van der Waals surface area contributed by atoms with E-state index in [2.05, 4.69) is 26.2 Å². The van der Waals surface area contributed by atoms with Gasteiger partial charge in [0.15, 0.2) is 0 Å². The van der Waals surface area contributed by atoms with E-state index in [1.165, 1.54) is 0 Å². The number of rotatable bonds is 5. The summed E-state index contributed by atoms with van der Waals surface area (Å²) in [5.74, 6) is 1.54. The molecule has 0 unspecified atom stereocenters. The van der Waals surface area contributed by atoms with Crippen molar-refractivity contribution >= 4 is 32.5 Å². The van der Waals surface area contributed by atoms with Crippen molar-refractivity contribution in [2.45, 2.75) is 13.8 Å². The van der Waals surface area contributed by atoms with Crippen LogP contribution in [0.4, 0.5) is 5.82 Å². The molecule has 20 heavy (non-hydrogen) atoms. The normalized spacial score (nSPS) is 11.7. The molecule has 2 aromatic rings. The molecule has 1 heterocycles. The molecule has 0 bridgehead atoms. The molecule has 0 radical (unpaired) electrons. The Bertz CT molecular complexity index is 614. The number of hydrogen-bond acceptors (Lipinski definition) is 4. The zero-order valence-electron chi connectivity index (χ0n) is 11.9. The number of halogens is 1. The minimum Gasteiger partial charge on any atom is -0.496 e. The third-order valence-electron chi connectivity index (χ3n) is 3.22. The average molecular weight is 339 g/mol. The average Bonchev–Trinajstić information content (AvgIpc) is 2.46. The molecule has 0 amide bonds. The second-order valence-electron chi connectivity index (χ2n) is 5.51. The molecule has 4 nitrogen and oxygen atoms in total. The lowest BCUT2D eigenvalue weighted by atomic mass is 9.95. The molecule has 0 saturated carbocycles. The van der Waals surface area contributed by atoms with Crippen molar-refractivity contribution in [3.05, 3.63) is 28.9 Å². The number of anilines is 1. The highest BCUT2D eigenvalue weighted by atomic mass is 79.9. The summed E-state index contributed by atoms with van der Waals surface area (Å²) in [7, 11) is 1.65. The lowest BCUT2D eigenvalue weighted by molar-refractivity contribution is 0.171. The van der Waals surface area contributed by atoms with Crippen LogP contribution in [-0.2, 0) is 0 Å². The van der Waals surface area contributed by atoms with Crippen LogP contribution < -0.4 is 10.1 Å². The van der Waals surface area contributed by atoms with Gasteiger partial charge >= 0.3 is 0 Å². The summed E-state index contributed by atoms with van der Waals surface area (Å²) in [6.07, 6.45) is 1.76. The van der Waals surface area contributed by atoms with E-state index < -0.39 is 0 Å². The smallest absolute Gasteiger partial charge is 0.137 e. The van der Waals surface area contributed by atoms with Gasteiger partial charge in [0.25, 0.3) is 0 Å². The minimum atomic E-state index is -0.205. The largest absolute Gasteiger partial charge is 0.496 e. The Morgan fingerprint density at radius 3 is 2.75 bits per heavy atom. The number of pyridine rings is 1. The Morgan fingerprint density at radius 2 is 2.10 bits per heavy atom. The fraction of sp³-hybridized carbons (Fsp3) is 0.400. The first-order chi connectivity index (χ1) is 9.48. The van der Waals surface area contributed by atoms with E-state index in [1.807, 2.05) is 32.0 Å². The number of aliphatic hydroxyl groups excluding tert-OH is 1. The van der Waals surface area contributed by atoms with E-state index in [9.17, 15) is 5.11 Å². The van der Waals surface area contributed by atoms with Crippen LogP contribution in [0.15, 0.2) is 28.9 Å². The Balaban J connectivity index is 2.46. The summed E-state index contributed by atoms with van der Waals surface area (Å²) in [5.41, 5.74) is -0.205. The van der Waals surface area contributed by atoms with Gasteiger partial charge < -0.3 is 15.2 Å². The Kier molecular flexibility index (Phi) is 4.50. The highest BCUT2D eigenvalue weighted by molar-refractivity contribution is 9.10. The zero-order valence-corrected chi connectivity index (χ0v) is 13.5. The van der Waals surface area contributed by atoms with Crippen molar-refractivity contribution in [3.8, 4) is 5.75 Å². The Hall–Kier alpha value is -1.33. The van der Waals surface area contributed by atoms with E-state index in [1.54, 1.807) is 13.3 Å². The van der Waals surface area contributed by atoms with Crippen LogP contribution in [-0.4, -0.2) is 30.4 Å². The van der Waals surface area contributed by atoms with Gasteiger partial charge in [0, 0.05) is 34.6 Å². The van der Waals surface area contributed by atoms with Crippen LogP contribution in [0.1, 0.15) is 13.8 Å². The number of fused-ring (bicyclic) bond motifs is 1. The summed E-state index contributed by atoms with van der Waals surface area (Å²) < 4.78 is 6.43. The second-order valence-corrected chi connectivity index (χ2v) is 6.36. The molecular weight excluding hydrogens is 320 g/mol. The van der Waals surface area contributed by atoms with Gasteiger partial charge in [-0.25, -0.2) is 4.98 Å². The lowest BCUT2D eigenvalue weighted by Gasteiger charge is -2.23. The minimum absolute atomic E-state index is 0.117. The maximum absolute atomic E-state index is 9.34. The standard InChI is InChI=1S/C15H19BrN2O2/c1-15(2,9-19)8-18-14-13-10(6-7-17-14)11(16)4-5-12(13)20-3/h4-7,19H,8-9H2,1-3H3,(H,17,18). The van der Waals surface area contributed by atoms with Crippen molar-refractivity contribution in [2.24, 2.45) is 5.41 Å². The molecule has 0 fully saturated rings. The number of nitrogens with one attached hydrogen (secondary N) is 1. The van der Waals surface area contributed by atoms with Crippen molar-refractivity contribution in [2.75, 3.05) is 25.6 Å². The number of aliphatic hydroxyl groups is 1. The zero-order chi connectivity index (χ0) is 14.8. The summed E-state index contributed by atoms with van der Waals surface area (Å²) >= 11 is 3.55. The lowest BCUT2D eigenvalue weighted by Crippen LogP contribution is -2.27. The van der Waals surface area contributed by atoms with E-state index in [-0.39, 0.29) is 12.0 Å². The number of hydrogen-bond donors (Lipinski definition) is 2. The Labute approximate surface area is 127 Å². The number of ether oxygens (including phenoxy) is 1. The van der Waals surface area contributed by atoms with Gasteiger partial charge in [0.05, 0.1) is 12.5 Å². The molecular formula is C15H19BrN2O2. The molecule has 2 rings (SSSR count). The van der Waals surface area contributed by atoms with E-state index in [0.29, 0.717) is 6.54 Å². The van der Waals surface area contributed by atoms with Crippen LogP contribution in [0.5, 0.6) is 5.75 Å². The van der Waals surface area contributed by atoms with Crippen molar-refractivity contribution in [3.63, 3.8) is 0 Å². The monoisotopic (exact) mass is 338 g/mol. The fourth-order valence-corrected chi connectivity index (χ4v) is 2.38. The first-order valence-electron chi connectivity index (χ1n) is 6.44. The SMILES string of the molecule is COc1ccc(Br)c2ccnc(NCC(C)(C)CO)c12. The molecule has 5 heteroatoms. The van der Waals surface area contributed by atoms with E-state index in [0.717, 1.165) is 26.8 Å². The van der Waals surface area contributed by atoms with Crippen molar-refractivity contribution < 1.29 is 9.84 Å². The molecule has 0 aliphatic rings. The van der Waals surface area contributed by atoms with Crippen molar-refractivity contribution in [1.29, 1.82) is 0 Å². The fourth-order valence-electron chi connectivity index (χ4n) is 1.92. The predicted molar refractivity (Wildman–Crippen MR) is 85.4 cm³/mol. The summed E-state index contributed by atoms with van der Waals surface area (Å²) in [6, 6.07) is 5.82. The molecule has 0 atom stereocenters. The van der Waals surface area contributed by atoms with Crippen LogP contribution in [0.25, 0.3) is 10.8 Å². The van der Waals surface area contributed by atoms with Crippen LogP contribution in [0.3, 0.4) is 0 Å². The first kappa shape index (κ1) is 15.1. The summed E-state index contributed by atoms with van der Waals surface area (Å²) in [6.45, 7) is 4.74. The van der Waals surface area contributed by atoms with Gasteiger partial charge in [-0.2, -0.15) is 0 Å². The van der Waals surface area contributed by atoms with Gasteiger partial charge in [-0.05, 0) is 18.2 Å². The number of aromatic nitrogens is 1. The highest BCUT2D eigenvalue weighted by Gasteiger charge is 2.18. The quantitative estimate of drug-likeness (QED) is 0.876. The molecule has 1 aromatic carbocycles. The van der Waals surface area contributed by atoms with E-state index in [4.69, 9.17) is 4.74 Å². The summed E-state index contributed by atoms with van der Waals surface area (Å²) in [4.78, 5) is 4.40. The number of nitrogens with zero attached hydrogens (tertiary/aromatic N) is 1. The second kappa shape index (κ2) is 5.97. The van der Waals surface area contributed by atoms with Gasteiger partial charge in [-0.1, -0.05) is 29.8 Å². The molecule has 2 N–H and O–H groups in total. The van der Waals surface area contributed by atoms with Gasteiger partial charge in [-0.15, -0.1) is 0 Å². The Morgan fingerprint density at radius 1 is 1.35 bits per heavy atom. The van der Waals surface area contributed by atoms with Gasteiger partial charge in [-0.3, -0.25) is 0 Å². The molecule has 0 aliphatic carbocycles. The highest BCUT2D eigenvalue weighted by Crippen LogP contribution is 2.35. The third kappa shape index (κ3) is 3.04. The number of methoxy groups -OCH3 is 1. The summed E-state index contributed by atoms with van der Waals surface area (Å²) in [5, 5.41) is 14.6. The van der Waals surface area contributed by atoms with Gasteiger partial charge in [0.1, 0.15) is 11.6 Å². The molecule has 108 valence electrons. The topological polar surface area (TPSA) is 54.4 Å². The maximum atomic E-state index is 9.34. The molecule has 1 aromatic heterocycles. The van der Waals surface area contributed by atoms with Crippen LogP contribution in [0.2, 0.25) is 0 Å². The van der Waals surface area contributed by atoms with Crippen LogP contribution >= 0.6 is 15.9 Å².